The number of carbonyl (C=O) groups is 1. The molecule has 2 heterocycles. The minimum Gasteiger partial charge on any atom is -0.497 e. The van der Waals surface area contributed by atoms with E-state index in [0.29, 0.717) is 0 Å². The van der Waals surface area contributed by atoms with Gasteiger partial charge in [0.2, 0.25) is 0 Å². The van der Waals surface area contributed by atoms with Gasteiger partial charge in [-0.2, -0.15) is 5.10 Å². The molecule has 0 spiro atoms. The van der Waals surface area contributed by atoms with Crippen LogP contribution in [-0.2, 0) is 11.8 Å². The maximum Gasteiger partial charge on any atom is 0.250 e. The summed E-state index contributed by atoms with van der Waals surface area (Å²) < 4.78 is 8.22. The number of hydrogen-bond donors (Lipinski definition) is 1. The van der Waals surface area contributed by atoms with Crippen LogP contribution in [0.4, 0.5) is 0 Å². The summed E-state index contributed by atoms with van der Waals surface area (Å²) in [6.45, 7) is 1.87. The Balaban J connectivity index is 1.62. The zero-order chi connectivity index (χ0) is 18.7. The van der Waals surface area contributed by atoms with Crippen molar-refractivity contribution in [1.29, 1.82) is 0 Å². The van der Waals surface area contributed by atoms with Crippen LogP contribution in [0.2, 0.25) is 0 Å². The molecule has 2 aromatic heterocycles. The summed E-state index contributed by atoms with van der Waals surface area (Å²) in [5.41, 5.74) is 5.20. The van der Waals surface area contributed by atoms with E-state index in [-0.39, 0.29) is 11.7 Å². The predicted octanol–water partition coefficient (Wildman–Crippen LogP) is 4.04. The van der Waals surface area contributed by atoms with Crippen molar-refractivity contribution < 1.29 is 9.53 Å². The quantitative estimate of drug-likeness (QED) is 0.348. The van der Waals surface area contributed by atoms with Crippen LogP contribution in [-0.4, -0.2) is 34.0 Å². The van der Waals surface area contributed by atoms with Gasteiger partial charge in [-0.1, -0.05) is 11.8 Å². The number of nitrogens with zero attached hydrogens (tertiary/aromatic N) is 3. The van der Waals surface area contributed by atoms with Gasteiger partial charge in [-0.15, -0.1) is 11.3 Å². The Bertz CT molecular complexity index is 980. The number of aryl methyl sites for hydroxylation is 1. The van der Waals surface area contributed by atoms with E-state index in [9.17, 15) is 4.79 Å². The van der Waals surface area contributed by atoms with E-state index in [4.69, 9.17) is 4.74 Å². The minimum absolute atomic E-state index is 0.172. The minimum atomic E-state index is -0.172. The average Bonchev–Trinajstić information content (AvgIpc) is 3.21. The molecule has 0 radical (unpaired) electrons. The Labute approximate surface area is 167 Å². The highest BCUT2D eigenvalue weighted by Gasteiger charge is 2.11. The molecule has 136 valence electrons. The molecule has 0 aliphatic carbocycles. The number of imidazole rings is 1. The molecule has 6 nitrogen and oxygen atoms in total. The number of ether oxygens (including phenoxy) is 1. The Morgan fingerprint density at radius 3 is 2.92 bits per heavy atom. The highest BCUT2D eigenvalue weighted by Crippen LogP contribution is 2.26. The Morgan fingerprint density at radius 1 is 1.42 bits per heavy atom. The number of aromatic nitrogens is 2. The fourth-order valence-electron chi connectivity index (χ4n) is 2.29. The van der Waals surface area contributed by atoms with Crippen molar-refractivity contribution >= 4 is 61.7 Å². The van der Waals surface area contributed by atoms with Crippen LogP contribution in [0.5, 0.6) is 5.75 Å². The number of fused-ring (bicyclic) bond motifs is 1. The third-order valence-corrected chi connectivity index (χ3v) is 6.42. The third kappa shape index (κ3) is 4.28. The van der Waals surface area contributed by atoms with Crippen molar-refractivity contribution in [3.05, 3.63) is 39.0 Å². The lowest BCUT2D eigenvalue weighted by Crippen LogP contribution is -2.21. The molecule has 0 aliphatic rings. The monoisotopic (exact) mass is 452 g/mol. The van der Waals surface area contributed by atoms with Crippen molar-refractivity contribution in [2.24, 2.45) is 12.1 Å². The van der Waals surface area contributed by atoms with E-state index in [1.807, 2.05) is 48.9 Å². The van der Waals surface area contributed by atoms with Crippen molar-refractivity contribution in [3.8, 4) is 5.75 Å². The maximum absolute atomic E-state index is 12.1. The molecule has 3 aromatic rings. The van der Waals surface area contributed by atoms with E-state index in [1.54, 1.807) is 18.4 Å². The molecule has 0 aliphatic heterocycles. The number of halogens is 1. The first-order valence-electron chi connectivity index (χ1n) is 7.70. The lowest BCUT2D eigenvalue weighted by atomic mass is 10.3. The van der Waals surface area contributed by atoms with Gasteiger partial charge < -0.3 is 9.30 Å². The lowest BCUT2D eigenvalue weighted by molar-refractivity contribution is -0.118. The number of thioether (sulfide) groups is 1. The highest BCUT2D eigenvalue weighted by molar-refractivity contribution is 9.11. The molecule has 26 heavy (non-hydrogen) atoms. The smallest absolute Gasteiger partial charge is 0.250 e. The van der Waals surface area contributed by atoms with Gasteiger partial charge in [0.25, 0.3) is 5.91 Å². The fourth-order valence-corrected chi connectivity index (χ4v) is 4.40. The molecule has 0 saturated carbocycles. The number of hydrazone groups is 1. The second-order valence-electron chi connectivity index (χ2n) is 5.43. The zero-order valence-electron chi connectivity index (χ0n) is 14.4. The van der Waals surface area contributed by atoms with Crippen LogP contribution < -0.4 is 10.2 Å². The Morgan fingerprint density at radius 2 is 2.23 bits per heavy atom. The number of benzene rings is 1. The first-order chi connectivity index (χ1) is 12.5. The zero-order valence-corrected chi connectivity index (χ0v) is 17.7. The van der Waals surface area contributed by atoms with Gasteiger partial charge >= 0.3 is 0 Å². The third-order valence-electron chi connectivity index (χ3n) is 3.66. The van der Waals surface area contributed by atoms with Crippen LogP contribution >= 0.6 is 39.0 Å². The summed E-state index contributed by atoms with van der Waals surface area (Å²) >= 11 is 6.36. The van der Waals surface area contributed by atoms with Gasteiger partial charge in [0.05, 0.1) is 38.3 Å². The number of rotatable bonds is 6. The van der Waals surface area contributed by atoms with E-state index in [0.717, 1.165) is 36.3 Å². The highest BCUT2D eigenvalue weighted by atomic mass is 79.9. The van der Waals surface area contributed by atoms with Crippen molar-refractivity contribution in [2.75, 3.05) is 12.9 Å². The second kappa shape index (κ2) is 8.24. The number of carbonyl (C=O) groups excluding carboxylic acids is 1. The van der Waals surface area contributed by atoms with Crippen molar-refractivity contribution in [1.82, 2.24) is 15.0 Å². The largest absolute Gasteiger partial charge is 0.497 e. The van der Waals surface area contributed by atoms with E-state index >= 15 is 0 Å². The van der Waals surface area contributed by atoms with E-state index in [1.165, 1.54) is 11.8 Å². The average molecular weight is 453 g/mol. The number of amides is 1. The Hall–Kier alpha value is -1.84. The lowest BCUT2D eigenvalue weighted by Gasteiger charge is -2.03. The maximum atomic E-state index is 12.1. The van der Waals surface area contributed by atoms with Crippen molar-refractivity contribution in [3.63, 3.8) is 0 Å². The summed E-state index contributed by atoms with van der Waals surface area (Å²) in [5, 5.41) is 4.93. The number of methoxy groups -OCH3 is 1. The molecule has 1 aromatic carbocycles. The van der Waals surface area contributed by atoms with E-state index < -0.39 is 0 Å². The molecule has 0 bridgehead atoms. The van der Waals surface area contributed by atoms with Crippen LogP contribution in [0.3, 0.4) is 0 Å². The normalized spacial score (nSPS) is 11.8. The van der Waals surface area contributed by atoms with Gasteiger partial charge in [0.15, 0.2) is 5.16 Å². The second-order valence-corrected chi connectivity index (χ2v) is 8.84. The molecule has 1 N–H and O–H groups in total. The molecule has 0 atom stereocenters. The van der Waals surface area contributed by atoms with Crippen LogP contribution in [0.1, 0.15) is 11.8 Å². The molecular weight excluding hydrogens is 436 g/mol. The topological polar surface area (TPSA) is 68.5 Å². The van der Waals surface area contributed by atoms with Crippen molar-refractivity contribution in [2.45, 2.75) is 12.1 Å². The molecule has 0 unspecified atom stereocenters. The summed E-state index contributed by atoms with van der Waals surface area (Å²) in [7, 11) is 3.56. The molecule has 3 rings (SSSR count). The summed E-state index contributed by atoms with van der Waals surface area (Å²) in [6.07, 6.45) is 0. The summed E-state index contributed by atoms with van der Waals surface area (Å²) in [6, 6.07) is 9.65. The van der Waals surface area contributed by atoms with Gasteiger partial charge in [0.1, 0.15) is 5.75 Å². The molecule has 0 fully saturated rings. The summed E-state index contributed by atoms with van der Waals surface area (Å²) in [5.74, 6) is 0.823. The first-order valence-corrected chi connectivity index (χ1v) is 10.3. The summed E-state index contributed by atoms with van der Waals surface area (Å²) in [4.78, 5) is 17.7. The van der Waals surface area contributed by atoms with Gasteiger partial charge in [-0.05, 0) is 47.1 Å². The Kier molecular flexibility index (Phi) is 6.00. The number of thiophene rings is 1. The predicted molar refractivity (Wildman–Crippen MR) is 110 cm³/mol. The van der Waals surface area contributed by atoms with Gasteiger partial charge in [0, 0.05) is 13.1 Å². The van der Waals surface area contributed by atoms with Gasteiger partial charge in [-0.25, -0.2) is 10.4 Å². The number of hydrogen-bond acceptors (Lipinski definition) is 6. The molecule has 9 heteroatoms. The standard InChI is InChI=1S/C17H17BrN4O2S2/c1-10(14-6-7-15(18)26-14)20-21-16(23)9-25-17-19-12-8-11(24-3)4-5-13(12)22(17)2/h4-8H,9H2,1-3H3,(H,21,23). The fraction of sp³-hybridized carbons (Fsp3) is 0.235. The van der Waals surface area contributed by atoms with Gasteiger partial charge in [-0.3, -0.25) is 4.79 Å². The van der Waals surface area contributed by atoms with Crippen LogP contribution in [0.15, 0.2) is 44.4 Å². The molecule has 0 saturated heterocycles. The van der Waals surface area contributed by atoms with E-state index in [2.05, 4.69) is 31.4 Å². The number of nitrogens with one attached hydrogen (secondary N) is 1. The van der Waals surface area contributed by atoms with Crippen LogP contribution in [0.25, 0.3) is 11.0 Å². The first kappa shape index (κ1) is 18.9. The molecular formula is C17H17BrN4O2S2. The van der Waals surface area contributed by atoms with Crippen LogP contribution in [0, 0.1) is 0 Å². The SMILES string of the molecule is COc1ccc2c(c1)nc(SCC(=O)NN=C(C)c1ccc(Br)s1)n2C. The molecule has 1 amide bonds.